The molecule has 3 amide bonds. The van der Waals surface area contributed by atoms with E-state index in [0.29, 0.717) is 12.2 Å². The summed E-state index contributed by atoms with van der Waals surface area (Å²) < 4.78 is 40.1. The predicted octanol–water partition coefficient (Wildman–Crippen LogP) is 2.91. The molecule has 0 saturated heterocycles. The van der Waals surface area contributed by atoms with Crippen molar-refractivity contribution in [1.82, 2.24) is 15.1 Å². The number of likely N-dealkylation sites (N-methyl/N-ethyl adjacent to an activating group) is 1. The van der Waals surface area contributed by atoms with Crippen LogP contribution in [0.3, 0.4) is 0 Å². The Hall–Kier alpha value is -2.51. The van der Waals surface area contributed by atoms with Crippen LogP contribution in [0.4, 0.5) is 18.0 Å². The van der Waals surface area contributed by atoms with Crippen molar-refractivity contribution in [3.05, 3.63) is 46.7 Å². The fourth-order valence-corrected chi connectivity index (χ4v) is 3.31. The first-order valence-corrected chi connectivity index (χ1v) is 7.98. The van der Waals surface area contributed by atoms with Gasteiger partial charge in [-0.2, -0.15) is 13.2 Å². The van der Waals surface area contributed by atoms with E-state index < -0.39 is 23.8 Å². The highest BCUT2D eigenvalue weighted by Gasteiger charge is 2.45. The monoisotopic (exact) mass is 353 g/mol. The normalized spacial score (nSPS) is 20.9. The number of nitrogens with one attached hydrogen (secondary N) is 1. The van der Waals surface area contributed by atoms with Crippen LogP contribution in [0.2, 0.25) is 0 Å². The summed E-state index contributed by atoms with van der Waals surface area (Å²) in [6, 6.07) is 3.40. The predicted molar refractivity (Wildman–Crippen MR) is 84.4 cm³/mol. The van der Waals surface area contributed by atoms with Gasteiger partial charge in [0.05, 0.1) is 29.4 Å². The lowest BCUT2D eigenvalue weighted by atomic mass is 9.92. The van der Waals surface area contributed by atoms with Gasteiger partial charge < -0.3 is 10.2 Å². The molecule has 1 N–H and O–H groups in total. The zero-order valence-corrected chi connectivity index (χ0v) is 13.9. The number of rotatable bonds is 3. The maximum absolute atomic E-state index is 13.4. The lowest BCUT2D eigenvalue weighted by molar-refractivity contribution is -0.138. The van der Waals surface area contributed by atoms with E-state index in [0.717, 1.165) is 12.5 Å². The minimum atomic E-state index is -4.57. The van der Waals surface area contributed by atoms with Crippen LogP contribution in [-0.2, 0) is 11.0 Å². The third-order valence-corrected chi connectivity index (χ3v) is 4.51. The molecule has 134 valence electrons. The molecule has 0 aromatic heterocycles. The average Bonchev–Trinajstić information content (AvgIpc) is 2.88. The molecule has 3 rings (SSSR count). The molecule has 5 nitrogen and oxygen atoms in total. The molecule has 0 saturated carbocycles. The SMILES string of the molecule is CCCN1CC2=C(C1=O)[C@@H](c1ccccc1C(F)(F)F)NC(=O)N2C. The molecule has 2 aliphatic rings. The Bertz CT molecular complexity index is 758. The first kappa shape index (κ1) is 17.3. The van der Waals surface area contributed by atoms with Crippen LogP contribution < -0.4 is 5.32 Å². The highest BCUT2D eigenvalue weighted by molar-refractivity contribution is 6.01. The Labute approximate surface area is 143 Å². The third kappa shape index (κ3) is 2.85. The summed E-state index contributed by atoms with van der Waals surface area (Å²) in [6.45, 7) is 2.63. The van der Waals surface area contributed by atoms with Gasteiger partial charge in [-0.05, 0) is 18.1 Å². The van der Waals surface area contributed by atoms with Crippen molar-refractivity contribution in [2.75, 3.05) is 20.1 Å². The number of hydrogen-bond donors (Lipinski definition) is 1. The lowest BCUT2D eigenvalue weighted by Gasteiger charge is -2.32. The quantitative estimate of drug-likeness (QED) is 0.908. The second-order valence-corrected chi connectivity index (χ2v) is 6.11. The molecular formula is C17H18F3N3O2. The van der Waals surface area contributed by atoms with E-state index in [9.17, 15) is 22.8 Å². The van der Waals surface area contributed by atoms with E-state index in [1.54, 1.807) is 4.90 Å². The van der Waals surface area contributed by atoms with Crippen molar-refractivity contribution >= 4 is 11.9 Å². The van der Waals surface area contributed by atoms with Gasteiger partial charge in [0.25, 0.3) is 5.91 Å². The molecule has 0 aliphatic carbocycles. The number of nitrogens with zero attached hydrogens (tertiary/aromatic N) is 2. The molecule has 0 spiro atoms. The van der Waals surface area contributed by atoms with Crippen LogP contribution in [-0.4, -0.2) is 41.9 Å². The van der Waals surface area contributed by atoms with E-state index in [1.165, 1.54) is 30.1 Å². The Balaban J connectivity index is 2.11. The molecule has 0 unspecified atom stereocenters. The van der Waals surface area contributed by atoms with Crippen molar-refractivity contribution in [2.45, 2.75) is 25.6 Å². The van der Waals surface area contributed by atoms with Gasteiger partial charge in [-0.3, -0.25) is 9.69 Å². The number of carbonyl (C=O) groups excluding carboxylic acids is 2. The molecule has 2 aliphatic heterocycles. The molecular weight excluding hydrogens is 335 g/mol. The van der Waals surface area contributed by atoms with Crippen molar-refractivity contribution < 1.29 is 22.8 Å². The number of amides is 3. The summed E-state index contributed by atoms with van der Waals surface area (Å²) in [5.74, 6) is -0.328. The molecule has 1 aromatic rings. The Morgan fingerprint density at radius 2 is 1.92 bits per heavy atom. The van der Waals surface area contributed by atoms with Gasteiger partial charge in [0.1, 0.15) is 0 Å². The van der Waals surface area contributed by atoms with E-state index >= 15 is 0 Å². The highest BCUT2D eigenvalue weighted by atomic mass is 19.4. The summed E-state index contributed by atoms with van der Waals surface area (Å²) in [4.78, 5) is 27.8. The highest BCUT2D eigenvalue weighted by Crippen LogP contribution is 2.41. The smallest absolute Gasteiger partial charge is 0.333 e. The topological polar surface area (TPSA) is 52.7 Å². The van der Waals surface area contributed by atoms with Crippen molar-refractivity contribution in [3.8, 4) is 0 Å². The van der Waals surface area contributed by atoms with Gasteiger partial charge in [0.15, 0.2) is 0 Å². The second kappa shape index (κ2) is 6.09. The fourth-order valence-electron chi connectivity index (χ4n) is 3.31. The molecule has 0 bridgehead atoms. The van der Waals surface area contributed by atoms with Gasteiger partial charge >= 0.3 is 12.2 Å². The molecule has 2 heterocycles. The van der Waals surface area contributed by atoms with Gasteiger partial charge in [0.2, 0.25) is 0 Å². The van der Waals surface area contributed by atoms with Crippen molar-refractivity contribution in [1.29, 1.82) is 0 Å². The van der Waals surface area contributed by atoms with Crippen molar-refractivity contribution in [2.24, 2.45) is 0 Å². The third-order valence-electron chi connectivity index (χ3n) is 4.51. The number of carbonyl (C=O) groups is 2. The molecule has 25 heavy (non-hydrogen) atoms. The zero-order chi connectivity index (χ0) is 18.4. The van der Waals surface area contributed by atoms with Gasteiger partial charge in [-0.1, -0.05) is 25.1 Å². The molecule has 1 atom stereocenters. The molecule has 8 heteroatoms. The standard InChI is InChI=1S/C17H18F3N3O2/c1-3-8-23-9-12-13(15(23)24)14(21-16(25)22(12)2)10-6-4-5-7-11(10)17(18,19)20/h4-7,14H,3,8-9H2,1-2H3,(H,21,25)/t14-/m1/s1. The Kier molecular flexibility index (Phi) is 4.22. The maximum Gasteiger partial charge on any atom is 0.416 e. The molecule has 0 fully saturated rings. The summed E-state index contributed by atoms with van der Waals surface area (Å²) in [6.07, 6.45) is -3.85. The van der Waals surface area contributed by atoms with Crippen LogP contribution in [0.5, 0.6) is 0 Å². The van der Waals surface area contributed by atoms with E-state index in [4.69, 9.17) is 0 Å². The van der Waals surface area contributed by atoms with Gasteiger partial charge in [-0.25, -0.2) is 4.79 Å². The van der Waals surface area contributed by atoms with E-state index in [-0.39, 0.29) is 23.6 Å². The first-order chi connectivity index (χ1) is 11.8. The van der Waals surface area contributed by atoms with Crippen molar-refractivity contribution in [3.63, 3.8) is 0 Å². The van der Waals surface area contributed by atoms with Crippen LogP contribution in [0.1, 0.15) is 30.5 Å². The Morgan fingerprint density at radius 3 is 2.56 bits per heavy atom. The minimum Gasteiger partial charge on any atom is -0.333 e. The number of alkyl halides is 3. The van der Waals surface area contributed by atoms with Crippen LogP contribution in [0, 0.1) is 0 Å². The van der Waals surface area contributed by atoms with E-state index in [2.05, 4.69) is 5.32 Å². The van der Waals surface area contributed by atoms with Gasteiger partial charge in [0, 0.05) is 13.6 Å². The van der Waals surface area contributed by atoms with Gasteiger partial charge in [-0.15, -0.1) is 0 Å². The number of halogens is 3. The largest absolute Gasteiger partial charge is 0.416 e. The first-order valence-electron chi connectivity index (χ1n) is 7.98. The average molecular weight is 353 g/mol. The summed E-state index contributed by atoms with van der Waals surface area (Å²) in [5, 5.41) is 2.54. The minimum absolute atomic E-state index is 0.115. The molecule has 0 radical (unpaired) electrons. The lowest BCUT2D eigenvalue weighted by Crippen LogP contribution is -2.45. The van der Waals surface area contributed by atoms with Crippen LogP contribution in [0.25, 0.3) is 0 Å². The summed E-state index contributed by atoms with van der Waals surface area (Å²) >= 11 is 0. The number of hydrogen-bond acceptors (Lipinski definition) is 2. The second-order valence-electron chi connectivity index (χ2n) is 6.11. The van der Waals surface area contributed by atoms with Crippen LogP contribution in [0.15, 0.2) is 35.5 Å². The molecule has 1 aromatic carbocycles. The van der Waals surface area contributed by atoms with E-state index in [1.807, 2.05) is 6.92 Å². The zero-order valence-electron chi connectivity index (χ0n) is 13.9. The summed E-state index contributed by atoms with van der Waals surface area (Å²) in [7, 11) is 1.51. The Morgan fingerprint density at radius 1 is 1.24 bits per heavy atom. The number of urea groups is 1. The maximum atomic E-state index is 13.4. The summed E-state index contributed by atoms with van der Waals surface area (Å²) in [5.41, 5.74) is -0.287. The fraction of sp³-hybridized carbons (Fsp3) is 0.412. The van der Waals surface area contributed by atoms with Crippen LogP contribution >= 0.6 is 0 Å². The number of benzene rings is 1.